The Kier molecular flexibility index (Phi) is 4.98. The second-order valence-electron chi connectivity index (χ2n) is 8.18. The maximum atomic E-state index is 13.6. The average Bonchev–Trinajstić information content (AvgIpc) is 3.24. The van der Waals surface area contributed by atoms with Gasteiger partial charge in [0.25, 0.3) is 5.56 Å². The normalized spacial score (nSPS) is 11.3. The zero-order chi connectivity index (χ0) is 23.2. The van der Waals surface area contributed by atoms with Crippen LogP contribution in [0.1, 0.15) is 5.56 Å². The Bertz CT molecular complexity index is 1780. The molecule has 1 N–H and O–H groups in total. The number of hydrogen-bond donors (Lipinski definition) is 1. The number of nitrogens with zero attached hydrogens (tertiary/aromatic N) is 2. The number of rotatable bonds is 3. The van der Waals surface area contributed by atoms with Crippen LogP contribution in [0, 0.1) is 11.7 Å². The highest BCUT2D eigenvalue weighted by Gasteiger charge is 2.19. The van der Waals surface area contributed by atoms with Gasteiger partial charge in [0, 0.05) is 10.9 Å². The molecule has 0 bridgehead atoms. The molecule has 4 nitrogen and oxygen atoms in total. The molecule has 0 fully saturated rings. The fourth-order valence-electron chi connectivity index (χ4n) is 4.25. The molecule has 0 unspecified atom stereocenters. The van der Waals surface area contributed by atoms with E-state index in [2.05, 4.69) is 54.4 Å². The van der Waals surface area contributed by atoms with Crippen molar-refractivity contribution in [1.29, 1.82) is 0 Å². The molecule has 0 radical (unpaired) electrons. The largest absolute Gasteiger partial charge is 0.330 e. The Hall–Kier alpha value is -3.87. The van der Waals surface area contributed by atoms with Crippen molar-refractivity contribution in [2.75, 3.05) is 0 Å². The van der Waals surface area contributed by atoms with Crippen LogP contribution in [0.15, 0.2) is 95.8 Å². The first-order valence-corrected chi connectivity index (χ1v) is 12.1. The second-order valence-corrected chi connectivity index (χ2v) is 9.57. The van der Waals surface area contributed by atoms with Crippen molar-refractivity contribution in [3.8, 4) is 28.1 Å². The SMILES string of the molecule is Cc1ccc(-c2cc(-c3ccccc3)c3c(n2)sc2c(=O)n(-c4ccccc4)c(=S)[nH]c23)cc1. The van der Waals surface area contributed by atoms with Gasteiger partial charge in [-0.1, -0.05) is 78.4 Å². The van der Waals surface area contributed by atoms with E-state index < -0.39 is 0 Å². The van der Waals surface area contributed by atoms with Crippen LogP contribution in [0.3, 0.4) is 0 Å². The molecular formula is C28H19N3OS2. The van der Waals surface area contributed by atoms with E-state index >= 15 is 0 Å². The highest BCUT2D eigenvalue weighted by atomic mass is 32.1. The van der Waals surface area contributed by atoms with Gasteiger partial charge in [0.05, 0.1) is 16.9 Å². The molecule has 34 heavy (non-hydrogen) atoms. The summed E-state index contributed by atoms with van der Waals surface area (Å²) < 4.78 is 2.53. The summed E-state index contributed by atoms with van der Waals surface area (Å²) in [5, 5.41) is 0.922. The van der Waals surface area contributed by atoms with E-state index in [-0.39, 0.29) is 5.56 Å². The van der Waals surface area contributed by atoms with Crippen LogP contribution < -0.4 is 5.56 Å². The first kappa shape index (κ1) is 20.7. The molecule has 0 spiro atoms. The number of aromatic amines is 1. The van der Waals surface area contributed by atoms with Crippen molar-refractivity contribution < 1.29 is 0 Å². The van der Waals surface area contributed by atoms with Crippen molar-refractivity contribution in [2.24, 2.45) is 0 Å². The topological polar surface area (TPSA) is 50.7 Å². The molecule has 0 aliphatic rings. The summed E-state index contributed by atoms with van der Waals surface area (Å²) in [4.78, 5) is 22.8. The lowest BCUT2D eigenvalue weighted by atomic mass is 9.99. The first-order chi connectivity index (χ1) is 16.6. The van der Waals surface area contributed by atoms with E-state index in [9.17, 15) is 4.79 Å². The standard InChI is InChI=1S/C28H19N3OS2/c1-17-12-14-19(15-13-17)22-16-21(18-8-4-2-5-9-18)23-24-25(34-26(23)29-22)27(32)31(28(33)30-24)20-10-6-3-7-11-20/h2-16H,1H3,(H,30,33). The Morgan fingerprint density at radius 2 is 1.56 bits per heavy atom. The fraction of sp³-hybridized carbons (Fsp3) is 0.0357. The molecule has 0 atom stereocenters. The zero-order valence-corrected chi connectivity index (χ0v) is 19.9. The Balaban J connectivity index is 1.71. The van der Waals surface area contributed by atoms with Crippen LogP contribution in [-0.4, -0.2) is 14.5 Å². The summed E-state index contributed by atoms with van der Waals surface area (Å²) in [6.07, 6.45) is 0. The van der Waals surface area contributed by atoms with Crippen molar-refractivity contribution in [3.63, 3.8) is 0 Å². The number of pyridine rings is 1. The van der Waals surface area contributed by atoms with Crippen LogP contribution >= 0.6 is 23.6 Å². The molecular weight excluding hydrogens is 458 g/mol. The van der Waals surface area contributed by atoms with E-state index in [1.807, 2.05) is 48.5 Å². The lowest BCUT2D eigenvalue weighted by Crippen LogP contribution is -2.19. The molecule has 164 valence electrons. The van der Waals surface area contributed by atoms with Gasteiger partial charge in [-0.3, -0.25) is 9.36 Å². The monoisotopic (exact) mass is 477 g/mol. The Labute approximate surface area is 204 Å². The highest BCUT2D eigenvalue weighted by molar-refractivity contribution is 7.71. The molecule has 0 saturated carbocycles. The number of benzene rings is 3. The van der Waals surface area contributed by atoms with Crippen LogP contribution in [0.25, 0.3) is 48.5 Å². The Morgan fingerprint density at radius 3 is 2.26 bits per heavy atom. The number of aryl methyl sites for hydroxylation is 1. The van der Waals surface area contributed by atoms with Gasteiger partial charge in [0.15, 0.2) is 4.77 Å². The van der Waals surface area contributed by atoms with Gasteiger partial charge in [-0.25, -0.2) is 4.98 Å². The molecule has 3 aromatic heterocycles. The highest BCUT2D eigenvalue weighted by Crippen LogP contribution is 2.39. The van der Waals surface area contributed by atoms with E-state index in [0.29, 0.717) is 9.47 Å². The van der Waals surface area contributed by atoms with Crippen molar-refractivity contribution in [1.82, 2.24) is 14.5 Å². The van der Waals surface area contributed by atoms with Gasteiger partial charge in [-0.15, -0.1) is 11.3 Å². The first-order valence-electron chi connectivity index (χ1n) is 10.9. The molecule has 0 aliphatic carbocycles. The van der Waals surface area contributed by atoms with Crippen LogP contribution in [0.2, 0.25) is 0 Å². The molecule has 6 rings (SSSR count). The van der Waals surface area contributed by atoms with Crippen molar-refractivity contribution in [3.05, 3.63) is 112 Å². The second kappa shape index (κ2) is 8.17. The van der Waals surface area contributed by atoms with Gasteiger partial charge in [0.1, 0.15) is 9.53 Å². The summed E-state index contributed by atoms with van der Waals surface area (Å²) in [6.45, 7) is 2.07. The third-order valence-electron chi connectivity index (χ3n) is 5.94. The minimum atomic E-state index is -0.135. The minimum Gasteiger partial charge on any atom is -0.330 e. The summed E-state index contributed by atoms with van der Waals surface area (Å²) in [5.74, 6) is 0. The average molecular weight is 478 g/mol. The number of thiophene rings is 1. The lowest BCUT2D eigenvalue weighted by molar-refractivity contribution is 0.944. The number of nitrogens with one attached hydrogen (secondary N) is 1. The summed E-state index contributed by atoms with van der Waals surface area (Å²) >= 11 is 7.05. The van der Waals surface area contributed by atoms with Crippen LogP contribution in [0.4, 0.5) is 0 Å². The molecule has 0 saturated heterocycles. The number of para-hydroxylation sites is 1. The minimum absolute atomic E-state index is 0.135. The summed E-state index contributed by atoms with van der Waals surface area (Å²) in [6, 6.07) is 30.1. The molecule has 6 heteroatoms. The van der Waals surface area contributed by atoms with Gasteiger partial charge >= 0.3 is 0 Å². The predicted molar refractivity (Wildman–Crippen MR) is 144 cm³/mol. The van der Waals surface area contributed by atoms with Crippen molar-refractivity contribution in [2.45, 2.75) is 6.92 Å². The number of fused-ring (bicyclic) bond motifs is 3. The number of aromatic nitrogens is 3. The van der Waals surface area contributed by atoms with E-state index in [0.717, 1.165) is 43.8 Å². The quantitative estimate of drug-likeness (QED) is 0.272. The molecule has 3 aromatic carbocycles. The maximum absolute atomic E-state index is 13.6. The Morgan fingerprint density at radius 1 is 0.882 bits per heavy atom. The molecule has 0 amide bonds. The molecule has 6 aromatic rings. The summed E-state index contributed by atoms with van der Waals surface area (Å²) in [7, 11) is 0. The third-order valence-corrected chi connectivity index (χ3v) is 7.30. The smallest absolute Gasteiger partial charge is 0.276 e. The van der Waals surface area contributed by atoms with Crippen LogP contribution in [0.5, 0.6) is 0 Å². The fourth-order valence-corrected chi connectivity index (χ4v) is 5.63. The number of H-pyrrole nitrogens is 1. The number of hydrogen-bond acceptors (Lipinski definition) is 4. The van der Waals surface area contributed by atoms with Gasteiger partial charge < -0.3 is 4.98 Å². The molecule has 3 heterocycles. The van der Waals surface area contributed by atoms with Gasteiger partial charge in [0.2, 0.25) is 0 Å². The van der Waals surface area contributed by atoms with Gasteiger partial charge in [-0.05, 0) is 48.5 Å². The van der Waals surface area contributed by atoms with E-state index in [1.165, 1.54) is 16.9 Å². The lowest BCUT2D eigenvalue weighted by Gasteiger charge is -2.09. The maximum Gasteiger partial charge on any atom is 0.276 e. The van der Waals surface area contributed by atoms with E-state index in [1.54, 1.807) is 4.57 Å². The molecule has 0 aliphatic heterocycles. The predicted octanol–water partition coefficient (Wildman–Crippen LogP) is 7.30. The summed E-state index contributed by atoms with van der Waals surface area (Å²) in [5.41, 5.74) is 6.54. The van der Waals surface area contributed by atoms with Crippen LogP contribution in [-0.2, 0) is 0 Å². The van der Waals surface area contributed by atoms with E-state index in [4.69, 9.17) is 17.2 Å². The zero-order valence-electron chi connectivity index (χ0n) is 18.3. The third kappa shape index (κ3) is 3.39. The van der Waals surface area contributed by atoms with Gasteiger partial charge in [-0.2, -0.15) is 0 Å². The van der Waals surface area contributed by atoms with Crippen molar-refractivity contribution >= 4 is 44.0 Å².